The van der Waals surface area contributed by atoms with Crippen LogP contribution in [0.5, 0.6) is 11.5 Å². The Morgan fingerprint density at radius 2 is 2.00 bits per heavy atom. The molecule has 0 heterocycles. The van der Waals surface area contributed by atoms with E-state index in [1.165, 1.54) is 25.3 Å². The van der Waals surface area contributed by atoms with E-state index in [1.54, 1.807) is 24.3 Å². The van der Waals surface area contributed by atoms with Crippen LogP contribution >= 0.6 is 12.2 Å². The van der Waals surface area contributed by atoms with Gasteiger partial charge in [-0.25, -0.2) is 0 Å². The number of carbonyl (C=O) groups is 1. The Kier molecular flexibility index (Phi) is 7.28. The Morgan fingerprint density at radius 1 is 1.25 bits per heavy atom. The summed E-state index contributed by atoms with van der Waals surface area (Å²) in [6.45, 7) is 4.60. The first-order valence-corrected chi connectivity index (χ1v) is 8.88. The van der Waals surface area contributed by atoms with Crippen LogP contribution < -0.4 is 20.1 Å². The van der Waals surface area contributed by atoms with Gasteiger partial charge in [0.25, 0.3) is 11.6 Å². The fraction of sp³-hybridized carbons (Fsp3) is 0.263. The number of hydrogen-bond acceptors (Lipinski definition) is 6. The Bertz CT molecular complexity index is 886. The van der Waals surface area contributed by atoms with Gasteiger partial charge >= 0.3 is 0 Å². The number of ether oxygens (including phenoxy) is 2. The van der Waals surface area contributed by atoms with Crippen LogP contribution in [0.25, 0.3) is 0 Å². The van der Waals surface area contributed by atoms with Crippen LogP contribution in [0.2, 0.25) is 0 Å². The number of methoxy groups -OCH3 is 1. The number of nitrogens with zero attached hydrogens (tertiary/aromatic N) is 1. The van der Waals surface area contributed by atoms with Crippen LogP contribution in [-0.4, -0.2) is 29.7 Å². The van der Waals surface area contributed by atoms with E-state index < -0.39 is 10.8 Å². The molecule has 0 aromatic heterocycles. The molecule has 0 aliphatic heterocycles. The molecule has 0 atom stereocenters. The number of benzene rings is 2. The lowest BCUT2D eigenvalue weighted by Gasteiger charge is -2.13. The maximum Gasteiger partial charge on any atom is 0.271 e. The molecule has 2 N–H and O–H groups in total. The summed E-state index contributed by atoms with van der Waals surface area (Å²) in [7, 11) is 1.43. The highest BCUT2D eigenvalue weighted by molar-refractivity contribution is 7.80. The van der Waals surface area contributed by atoms with Crippen LogP contribution in [0.4, 0.5) is 11.4 Å². The fourth-order valence-electron chi connectivity index (χ4n) is 2.23. The number of nitro benzene ring substituents is 1. The van der Waals surface area contributed by atoms with E-state index in [2.05, 4.69) is 10.6 Å². The molecule has 8 nitrogen and oxygen atoms in total. The van der Waals surface area contributed by atoms with Gasteiger partial charge in [0.2, 0.25) is 0 Å². The van der Waals surface area contributed by atoms with Crippen molar-refractivity contribution in [2.45, 2.75) is 13.8 Å². The molecule has 0 fully saturated rings. The molecular weight excluding hydrogens is 382 g/mol. The summed E-state index contributed by atoms with van der Waals surface area (Å²) in [6.07, 6.45) is 0. The minimum absolute atomic E-state index is 0.0164. The summed E-state index contributed by atoms with van der Waals surface area (Å²) >= 11 is 5.15. The molecule has 1 amide bonds. The van der Waals surface area contributed by atoms with E-state index >= 15 is 0 Å². The Balaban J connectivity index is 2.07. The minimum atomic E-state index is -0.533. The summed E-state index contributed by atoms with van der Waals surface area (Å²) < 4.78 is 10.8. The predicted octanol–water partition coefficient (Wildman–Crippen LogP) is 3.77. The zero-order valence-electron chi connectivity index (χ0n) is 15.7. The highest BCUT2D eigenvalue weighted by Crippen LogP contribution is 2.28. The molecule has 2 rings (SSSR count). The van der Waals surface area contributed by atoms with Gasteiger partial charge in [-0.2, -0.15) is 0 Å². The first kappa shape index (κ1) is 21.1. The smallest absolute Gasteiger partial charge is 0.271 e. The number of thiocarbonyl (C=S) groups is 1. The Hall–Kier alpha value is -3.20. The Morgan fingerprint density at radius 3 is 2.64 bits per heavy atom. The number of non-ortho nitro benzene ring substituents is 1. The van der Waals surface area contributed by atoms with E-state index in [0.29, 0.717) is 29.6 Å². The van der Waals surface area contributed by atoms with Crippen LogP contribution in [0.3, 0.4) is 0 Å². The lowest BCUT2D eigenvalue weighted by molar-refractivity contribution is -0.384. The third-order valence-electron chi connectivity index (χ3n) is 3.55. The maximum atomic E-state index is 12.4. The summed E-state index contributed by atoms with van der Waals surface area (Å²) in [4.78, 5) is 22.8. The summed E-state index contributed by atoms with van der Waals surface area (Å²) in [5, 5.41) is 16.2. The van der Waals surface area contributed by atoms with Gasteiger partial charge in [-0.1, -0.05) is 19.9 Å². The van der Waals surface area contributed by atoms with Crippen LogP contribution in [0.15, 0.2) is 42.5 Å². The number of rotatable bonds is 7. The summed E-state index contributed by atoms with van der Waals surface area (Å²) in [5.74, 6) is 0.864. The zero-order valence-corrected chi connectivity index (χ0v) is 16.5. The lowest BCUT2D eigenvalue weighted by atomic mass is 10.2. The molecule has 0 unspecified atom stereocenters. The Labute approximate surface area is 168 Å². The number of carbonyl (C=O) groups excluding carboxylic acids is 1. The van der Waals surface area contributed by atoms with Gasteiger partial charge in [0.1, 0.15) is 11.5 Å². The van der Waals surface area contributed by atoms with Gasteiger partial charge in [-0.05, 0) is 42.4 Å². The van der Waals surface area contributed by atoms with E-state index in [1.807, 2.05) is 13.8 Å². The van der Waals surface area contributed by atoms with Crippen molar-refractivity contribution in [2.24, 2.45) is 5.92 Å². The third kappa shape index (κ3) is 5.92. The van der Waals surface area contributed by atoms with Gasteiger partial charge in [-0.15, -0.1) is 0 Å². The highest BCUT2D eigenvalue weighted by Gasteiger charge is 2.14. The van der Waals surface area contributed by atoms with Gasteiger partial charge in [-0.3, -0.25) is 20.2 Å². The van der Waals surface area contributed by atoms with Crippen molar-refractivity contribution >= 4 is 34.6 Å². The topological polar surface area (TPSA) is 103 Å². The number of anilines is 1. The largest absolute Gasteiger partial charge is 0.495 e. The van der Waals surface area contributed by atoms with E-state index in [9.17, 15) is 14.9 Å². The van der Waals surface area contributed by atoms with Crippen molar-refractivity contribution in [1.82, 2.24) is 5.32 Å². The first-order chi connectivity index (χ1) is 13.3. The van der Waals surface area contributed by atoms with Crippen molar-refractivity contribution < 1.29 is 19.2 Å². The molecule has 0 spiro atoms. The SMILES string of the molecule is COc1ccc([N+](=O)[O-])cc1NC(=S)NC(=O)c1cccc(OCC(C)C)c1. The number of amides is 1. The standard InChI is InChI=1S/C19H21N3O5S/c1-12(2)11-27-15-6-4-5-13(9-15)18(23)21-19(28)20-16-10-14(22(24)25)7-8-17(16)26-3/h4-10,12H,11H2,1-3H3,(H2,20,21,23,28). The summed E-state index contributed by atoms with van der Waals surface area (Å²) in [5.41, 5.74) is 0.514. The van der Waals surface area contributed by atoms with Crippen molar-refractivity contribution in [1.29, 1.82) is 0 Å². The van der Waals surface area contributed by atoms with Crippen LogP contribution in [0.1, 0.15) is 24.2 Å². The van der Waals surface area contributed by atoms with E-state index in [4.69, 9.17) is 21.7 Å². The lowest BCUT2D eigenvalue weighted by Crippen LogP contribution is -2.34. The first-order valence-electron chi connectivity index (χ1n) is 8.47. The molecule has 0 aliphatic carbocycles. The average Bonchev–Trinajstić information content (AvgIpc) is 2.66. The number of nitrogens with one attached hydrogen (secondary N) is 2. The molecule has 0 saturated carbocycles. The van der Waals surface area contributed by atoms with Crippen molar-refractivity contribution in [3.8, 4) is 11.5 Å². The number of nitro groups is 1. The molecule has 28 heavy (non-hydrogen) atoms. The van der Waals surface area contributed by atoms with Gasteiger partial charge in [0, 0.05) is 17.7 Å². The van der Waals surface area contributed by atoms with Gasteiger partial charge < -0.3 is 14.8 Å². The molecule has 0 saturated heterocycles. The molecule has 0 radical (unpaired) electrons. The maximum absolute atomic E-state index is 12.4. The van der Waals surface area contributed by atoms with Crippen molar-refractivity contribution in [3.63, 3.8) is 0 Å². The zero-order chi connectivity index (χ0) is 20.7. The molecule has 2 aromatic carbocycles. The van der Waals surface area contributed by atoms with Crippen LogP contribution in [-0.2, 0) is 0 Å². The second-order valence-electron chi connectivity index (χ2n) is 6.28. The molecule has 2 aromatic rings. The van der Waals surface area contributed by atoms with Crippen molar-refractivity contribution in [3.05, 3.63) is 58.1 Å². The van der Waals surface area contributed by atoms with Crippen LogP contribution in [0, 0.1) is 16.0 Å². The predicted molar refractivity (Wildman–Crippen MR) is 110 cm³/mol. The fourth-order valence-corrected chi connectivity index (χ4v) is 2.43. The molecule has 9 heteroatoms. The summed E-state index contributed by atoms with van der Waals surface area (Å²) in [6, 6.07) is 10.8. The second-order valence-corrected chi connectivity index (χ2v) is 6.69. The molecular formula is C19H21N3O5S. The molecule has 0 aliphatic rings. The second kappa shape index (κ2) is 9.65. The monoisotopic (exact) mass is 403 g/mol. The van der Waals surface area contributed by atoms with Gasteiger partial charge in [0.15, 0.2) is 5.11 Å². The molecule has 148 valence electrons. The minimum Gasteiger partial charge on any atom is -0.495 e. The normalized spacial score (nSPS) is 10.3. The highest BCUT2D eigenvalue weighted by atomic mass is 32.1. The van der Waals surface area contributed by atoms with E-state index in [0.717, 1.165) is 0 Å². The van der Waals surface area contributed by atoms with Crippen molar-refractivity contribution in [2.75, 3.05) is 19.0 Å². The van der Waals surface area contributed by atoms with Gasteiger partial charge in [0.05, 0.1) is 24.3 Å². The quantitative estimate of drug-likeness (QED) is 0.412. The number of hydrogen-bond donors (Lipinski definition) is 2. The average molecular weight is 403 g/mol. The third-order valence-corrected chi connectivity index (χ3v) is 3.75. The van der Waals surface area contributed by atoms with E-state index in [-0.39, 0.29) is 16.5 Å². The molecule has 0 bridgehead atoms.